The topological polar surface area (TPSA) is 12.9 Å². The van der Waals surface area contributed by atoms with Gasteiger partial charge in [0.1, 0.15) is 0 Å². The smallest absolute Gasteiger partial charge is 0.0702 e. The molecule has 11 aromatic carbocycles. The van der Waals surface area contributed by atoms with Crippen LogP contribution in [0.5, 0.6) is 0 Å². The summed E-state index contributed by atoms with van der Waals surface area (Å²) < 4.78 is 0. The van der Waals surface area contributed by atoms with E-state index in [2.05, 4.69) is 243 Å². The first kappa shape index (κ1) is 37.4. The van der Waals surface area contributed by atoms with Crippen molar-refractivity contribution in [3.05, 3.63) is 249 Å². The van der Waals surface area contributed by atoms with Gasteiger partial charge in [0.25, 0.3) is 0 Å². The van der Waals surface area contributed by atoms with Crippen molar-refractivity contribution in [3.63, 3.8) is 0 Å². The molecule has 0 saturated heterocycles. The molecule has 0 N–H and O–H groups in total. The Balaban J connectivity index is 1.12. The van der Waals surface area contributed by atoms with Gasteiger partial charge in [-0.3, -0.25) is 4.98 Å². The van der Waals surface area contributed by atoms with Crippen molar-refractivity contribution in [2.24, 2.45) is 0 Å². The highest BCUT2D eigenvalue weighted by molar-refractivity contribution is 6.32. The fraction of sp³-hybridized carbons (Fsp3) is 0. The first-order chi connectivity index (χ1) is 31.7. The Morgan fingerprint density at radius 1 is 0.203 bits per heavy atom. The molecule has 0 fully saturated rings. The average Bonchev–Trinajstić information content (AvgIpc) is 3.39. The SMILES string of the molecule is c1ccc(-c2ccc(-c3cc(-c4ccc(-c5ccccc5)cc4)c4ccc5c(-c6ccc(-c7ccccc7)nc6)cc(-c6ccc(-c7ccccc7)cc6)c6ccc3c4c65)cc2)cc1. The molecule has 1 nitrogen and oxygen atoms in total. The van der Waals surface area contributed by atoms with Crippen LogP contribution in [-0.2, 0) is 0 Å². The summed E-state index contributed by atoms with van der Waals surface area (Å²) >= 11 is 0. The summed E-state index contributed by atoms with van der Waals surface area (Å²) in [4.78, 5) is 5.05. The predicted octanol–water partition coefficient (Wildman–Crippen LogP) is 17.3. The Kier molecular flexibility index (Phi) is 9.24. The second-order valence-electron chi connectivity index (χ2n) is 16.6. The molecule has 1 aromatic heterocycles. The summed E-state index contributed by atoms with van der Waals surface area (Å²) in [6.07, 6.45) is 2.05. The van der Waals surface area contributed by atoms with Crippen LogP contribution in [-0.4, -0.2) is 4.98 Å². The third-order valence-corrected chi connectivity index (χ3v) is 13.0. The molecule has 0 saturated carbocycles. The van der Waals surface area contributed by atoms with E-state index in [1.807, 2.05) is 6.07 Å². The van der Waals surface area contributed by atoms with E-state index in [0.717, 1.165) is 16.8 Å². The molecule has 0 aliphatic carbocycles. The molecule has 0 unspecified atom stereocenters. The summed E-state index contributed by atoms with van der Waals surface area (Å²) in [5, 5.41) is 7.48. The fourth-order valence-electron chi connectivity index (χ4n) is 9.70. The number of nitrogens with zero attached hydrogens (tertiary/aromatic N) is 1. The highest BCUT2D eigenvalue weighted by atomic mass is 14.7. The van der Waals surface area contributed by atoms with Crippen LogP contribution in [0.2, 0.25) is 0 Å². The molecule has 0 spiro atoms. The number of hydrogen-bond acceptors (Lipinski definition) is 1. The maximum absolute atomic E-state index is 5.05. The minimum atomic E-state index is 0.963. The molecule has 0 atom stereocenters. The molecule has 1 heteroatoms. The third-order valence-electron chi connectivity index (χ3n) is 13.0. The van der Waals surface area contributed by atoms with Crippen molar-refractivity contribution in [1.82, 2.24) is 4.98 Å². The van der Waals surface area contributed by atoms with Crippen LogP contribution in [0.4, 0.5) is 0 Å². The Hall–Kier alpha value is -8.39. The molecular formula is C63H41N. The Morgan fingerprint density at radius 3 is 0.781 bits per heavy atom. The maximum atomic E-state index is 5.05. The summed E-state index contributed by atoms with van der Waals surface area (Å²) in [6, 6.07) is 88.3. The predicted molar refractivity (Wildman–Crippen MR) is 271 cm³/mol. The lowest BCUT2D eigenvalue weighted by Gasteiger charge is -2.22. The van der Waals surface area contributed by atoms with E-state index in [0.29, 0.717) is 0 Å². The minimum absolute atomic E-state index is 0.963. The van der Waals surface area contributed by atoms with Gasteiger partial charge in [-0.05, 0) is 123 Å². The monoisotopic (exact) mass is 811 g/mol. The van der Waals surface area contributed by atoms with Crippen LogP contribution in [0.3, 0.4) is 0 Å². The van der Waals surface area contributed by atoms with Crippen molar-refractivity contribution in [3.8, 4) is 89.1 Å². The summed E-state index contributed by atoms with van der Waals surface area (Å²) in [7, 11) is 0. The van der Waals surface area contributed by atoms with E-state index in [1.165, 1.54) is 105 Å². The van der Waals surface area contributed by atoms with Gasteiger partial charge in [0.15, 0.2) is 0 Å². The van der Waals surface area contributed by atoms with E-state index >= 15 is 0 Å². The minimum Gasteiger partial charge on any atom is -0.256 e. The van der Waals surface area contributed by atoms with Gasteiger partial charge in [0, 0.05) is 17.3 Å². The van der Waals surface area contributed by atoms with Gasteiger partial charge >= 0.3 is 0 Å². The molecule has 0 amide bonds. The number of rotatable bonds is 8. The third kappa shape index (κ3) is 6.63. The lowest BCUT2D eigenvalue weighted by Crippen LogP contribution is -1.95. The quantitative estimate of drug-likeness (QED) is 0.139. The van der Waals surface area contributed by atoms with Crippen LogP contribution in [0.25, 0.3) is 121 Å². The van der Waals surface area contributed by atoms with Gasteiger partial charge in [0.2, 0.25) is 0 Å². The standard InChI is InChI=1S/C63H41N/c1-5-13-42(14-6-1)45-21-27-48(28-22-45)57-39-58(49-29-23-46(24-30-49)43-15-7-2-8-16-43)54-36-37-56-60(52-33-38-61(64-41-52)51-19-11-4-12-20-51)40-59(55-35-34-53(57)62(54)63(55)56)50-31-25-47(26-32-50)44-17-9-3-10-18-44/h1-41H. The Bertz CT molecular complexity index is 3080. The van der Waals surface area contributed by atoms with E-state index in [9.17, 15) is 0 Å². The fourth-order valence-corrected chi connectivity index (χ4v) is 9.70. The normalized spacial score (nSPS) is 11.4. The van der Waals surface area contributed by atoms with Crippen LogP contribution >= 0.6 is 0 Å². The maximum Gasteiger partial charge on any atom is 0.0702 e. The van der Waals surface area contributed by atoms with Crippen LogP contribution in [0.15, 0.2) is 249 Å². The number of benzene rings is 11. The zero-order valence-electron chi connectivity index (χ0n) is 35.1. The number of aromatic nitrogens is 1. The largest absolute Gasteiger partial charge is 0.256 e. The van der Waals surface area contributed by atoms with Crippen molar-refractivity contribution >= 4 is 32.3 Å². The van der Waals surface area contributed by atoms with Gasteiger partial charge in [-0.1, -0.05) is 224 Å². The van der Waals surface area contributed by atoms with E-state index in [-0.39, 0.29) is 0 Å². The molecule has 0 radical (unpaired) electrons. The molecule has 298 valence electrons. The lowest BCUT2D eigenvalue weighted by atomic mass is 9.81. The molecule has 0 bridgehead atoms. The average molecular weight is 812 g/mol. The second kappa shape index (κ2) is 15.8. The Labute approximate surface area is 373 Å². The van der Waals surface area contributed by atoms with E-state index in [1.54, 1.807) is 0 Å². The molecule has 12 aromatic rings. The molecule has 0 aliphatic rings. The van der Waals surface area contributed by atoms with E-state index < -0.39 is 0 Å². The molecule has 0 aliphatic heterocycles. The summed E-state index contributed by atoms with van der Waals surface area (Å²) in [5.41, 5.74) is 18.8. The van der Waals surface area contributed by atoms with Crippen molar-refractivity contribution in [2.75, 3.05) is 0 Å². The van der Waals surface area contributed by atoms with Crippen molar-refractivity contribution in [2.45, 2.75) is 0 Å². The van der Waals surface area contributed by atoms with Gasteiger partial charge in [0.05, 0.1) is 5.69 Å². The highest BCUT2D eigenvalue weighted by Crippen LogP contribution is 2.49. The van der Waals surface area contributed by atoms with Gasteiger partial charge in [-0.2, -0.15) is 0 Å². The molecule has 12 rings (SSSR count). The van der Waals surface area contributed by atoms with Crippen molar-refractivity contribution in [1.29, 1.82) is 0 Å². The second-order valence-corrected chi connectivity index (χ2v) is 16.6. The molecular weight excluding hydrogens is 771 g/mol. The first-order valence-corrected chi connectivity index (χ1v) is 22.0. The zero-order chi connectivity index (χ0) is 42.4. The Morgan fingerprint density at radius 2 is 0.469 bits per heavy atom. The van der Waals surface area contributed by atoms with Gasteiger partial charge in [-0.15, -0.1) is 0 Å². The molecule has 64 heavy (non-hydrogen) atoms. The lowest BCUT2D eigenvalue weighted by molar-refractivity contribution is 1.33. The zero-order valence-corrected chi connectivity index (χ0v) is 35.1. The van der Waals surface area contributed by atoms with Crippen LogP contribution in [0.1, 0.15) is 0 Å². The van der Waals surface area contributed by atoms with Crippen LogP contribution < -0.4 is 0 Å². The first-order valence-electron chi connectivity index (χ1n) is 22.0. The number of hydrogen-bond donors (Lipinski definition) is 0. The van der Waals surface area contributed by atoms with E-state index in [4.69, 9.17) is 4.98 Å². The van der Waals surface area contributed by atoms with Crippen LogP contribution in [0, 0.1) is 0 Å². The van der Waals surface area contributed by atoms with Gasteiger partial charge < -0.3 is 0 Å². The summed E-state index contributed by atoms with van der Waals surface area (Å²) in [5.74, 6) is 0. The van der Waals surface area contributed by atoms with Gasteiger partial charge in [-0.25, -0.2) is 0 Å². The number of pyridine rings is 1. The summed E-state index contributed by atoms with van der Waals surface area (Å²) in [6.45, 7) is 0. The molecule has 1 heterocycles. The highest BCUT2D eigenvalue weighted by Gasteiger charge is 2.21. The van der Waals surface area contributed by atoms with Crippen molar-refractivity contribution < 1.29 is 0 Å².